The topological polar surface area (TPSA) is 136 Å². The minimum atomic E-state index is -0.452. The summed E-state index contributed by atoms with van der Waals surface area (Å²) in [4.78, 5) is 54.8. The lowest BCUT2D eigenvalue weighted by molar-refractivity contribution is -0.118. The highest BCUT2D eigenvalue weighted by molar-refractivity contribution is 5.99. The van der Waals surface area contributed by atoms with Crippen LogP contribution in [-0.2, 0) is 28.5 Å². The highest BCUT2D eigenvalue weighted by Gasteiger charge is 2.21. The maximum atomic E-state index is 12.9. The van der Waals surface area contributed by atoms with Gasteiger partial charge in [0.15, 0.2) is 0 Å². The van der Waals surface area contributed by atoms with Crippen molar-refractivity contribution in [1.29, 1.82) is 0 Å². The smallest absolute Gasteiger partial charge is 0.338 e. The summed E-state index contributed by atoms with van der Waals surface area (Å²) in [6.45, 7) is 9.01. The van der Waals surface area contributed by atoms with E-state index in [4.69, 9.17) is 18.9 Å². The van der Waals surface area contributed by atoms with Crippen molar-refractivity contribution in [3.8, 4) is 0 Å². The average molecular weight is 611 g/mol. The van der Waals surface area contributed by atoms with E-state index in [0.717, 1.165) is 11.4 Å². The second-order valence-corrected chi connectivity index (χ2v) is 10.4. The third-order valence-corrected chi connectivity index (χ3v) is 7.32. The summed E-state index contributed by atoms with van der Waals surface area (Å²) in [7, 11) is 0. The number of nitrogens with one attached hydrogen (secondary N) is 2. The molecule has 2 amide bonds. The molecule has 12 nitrogen and oxygen atoms in total. The molecular formula is C32H42N4O8. The maximum Gasteiger partial charge on any atom is 0.338 e. The first-order valence-corrected chi connectivity index (χ1v) is 15.3. The Morgan fingerprint density at radius 1 is 0.659 bits per heavy atom. The van der Waals surface area contributed by atoms with Crippen molar-refractivity contribution in [3.63, 3.8) is 0 Å². The Balaban J connectivity index is 1.34. The number of anilines is 4. The van der Waals surface area contributed by atoms with E-state index in [2.05, 4.69) is 20.4 Å². The monoisotopic (exact) mass is 610 g/mol. The number of benzene rings is 2. The number of unbranched alkanes of at least 4 members (excludes halogenated alkanes) is 1. The van der Waals surface area contributed by atoms with Crippen LogP contribution in [0.5, 0.6) is 0 Å². The number of hydrogen-bond acceptors (Lipinski definition) is 10. The molecule has 0 unspecified atom stereocenters. The van der Waals surface area contributed by atoms with Crippen LogP contribution >= 0.6 is 0 Å². The van der Waals surface area contributed by atoms with Gasteiger partial charge in [0.1, 0.15) is 0 Å². The number of ether oxygens (including phenoxy) is 4. The first kappa shape index (κ1) is 32.7. The molecule has 2 N–H and O–H groups in total. The summed E-state index contributed by atoms with van der Waals surface area (Å²) in [5.41, 5.74) is 3.43. The lowest BCUT2D eigenvalue weighted by Crippen LogP contribution is -2.36. The number of nitrogens with zero attached hydrogens (tertiary/aromatic N) is 2. The molecule has 2 aliphatic heterocycles. The van der Waals surface area contributed by atoms with E-state index < -0.39 is 11.9 Å². The minimum Gasteiger partial charge on any atom is -0.462 e. The predicted molar refractivity (Wildman–Crippen MR) is 167 cm³/mol. The molecular weight excluding hydrogens is 568 g/mol. The molecule has 2 fully saturated rings. The Morgan fingerprint density at radius 3 is 1.41 bits per heavy atom. The number of amides is 2. The summed E-state index contributed by atoms with van der Waals surface area (Å²) in [6.07, 6.45) is 1.39. The van der Waals surface area contributed by atoms with Crippen molar-refractivity contribution in [2.75, 3.05) is 86.3 Å². The summed E-state index contributed by atoms with van der Waals surface area (Å²) in [5.74, 6) is -1.32. The van der Waals surface area contributed by atoms with Gasteiger partial charge in [-0.3, -0.25) is 9.59 Å². The molecule has 0 saturated carbocycles. The molecule has 2 heterocycles. The van der Waals surface area contributed by atoms with Gasteiger partial charge in [-0.25, -0.2) is 9.59 Å². The van der Waals surface area contributed by atoms with E-state index >= 15 is 0 Å². The highest BCUT2D eigenvalue weighted by atomic mass is 16.5. The van der Waals surface area contributed by atoms with Crippen LogP contribution < -0.4 is 20.4 Å². The van der Waals surface area contributed by atoms with Gasteiger partial charge < -0.3 is 39.4 Å². The average Bonchev–Trinajstić information content (AvgIpc) is 3.04. The van der Waals surface area contributed by atoms with Gasteiger partial charge in [-0.15, -0.1) is 0 Å². The number of rotatable bonds is 13. The van der Waals surface area contributed by atoms with Gasteiger partial charge in [0, 0.05) is 39.0 Å². The van der Waals surface area contributed by atoms with Crippen LogP contribution in [0.25, 0.3) is 0 Å². The largest absolute Gasteiger partial charge is 0.462 e. The van der Waals surface area contributed by atoms with Crippen molar-refractivity contribution in [2.45, 2.75) is 39.5 Å². The van der Waals surface area contributed by atoms with Gasteiger partial charge >= 0.3 is 11.9 Å². The number of esters is 2. The first-order valence-electron chi connectivity index (χ1n) is 15.3. The lowest BCUT2D eigenvalue weighted by atomic mass is 10.1. The fourth-order valence-corrected chi connectivity index (χ4v) is 5.11. The Labute approximate surface area is 257 Å². The van der Waals surface area contributed by atoms with Crippen molar-refractivity contribution in [3.05, 3.63) is 47.5 Å². The van der Waals surface area contributed by atoms with E-state index in [1.807, 2.05) is 12.1 Å². The molecule has 0 atom stereocenters. The van der Waals surface area contributed by atoms with Crippen LogP contribution in [0.4, 0.5) is 22.7 Å². The zero-order chi connectivity index (χ0) is 31.3. The molecule has 2 aromatic carbocycles. The molecule has 0 spiro atoms. The molecule has 0 aromatic heterocycles. The van der Waals surface area contributed by atoms with Crippen molar-refractivity contribution in [1.82, 2.24) is 0 Å². The maximum absolute atomic E-state index is 12.9. The third-order valence-electron chi connectivity index (χ3n) is 7.32. The molecule has 4 rings (SSSR count). The van der Waals surface area contributed by atoms with Crippen LogP contribution in [0.2, 0.25) is 0 Å². The predicted octanol–water partition coefficient (Wildman–Crippen LogP) is 3.85. The Bertz CT molecular complexity index is 1210. The first-order chi connectivity index (χ1) is 21.4. The van der Waals surface area contributed by atoms with Gasteiger partial charge in [0.05, 0.1) is 73.5 Å². The van der Waals surface area contributed by atoms with E-state index in [1.54, 1.807) is 38.1 Å². The van der Waals surface area contributed by atoms with Crippen LogP contribution in [0.1, 0.15) is 60.2 Å². The normalized spacial score (nSPS) is 15.0. The van der Waals surface area contributed by atoms with Crippen LogP contribution in [0.3, 0.4) is 0 Å². The van der Waals surface area contributed by atoms with Crippen LogP contribution in [0.15, 0.2) is 36.4 Å². The zero-order valence-corrected chi connectivity index (χ0v) is 25.5. The van der Waals surface area contributed by atoms with Gasteiger partial charge in [0.2, 0.25) is 11.8 Å². The van der Waals surface area contributed by atoms with E-state index in [0.29, 0.717) is 87.9 Å². The molecule has 2 aliphatic rings. The fourth-order valence-electron chi connectivity index (χ4n) is 5.11. The molecule has 44 heavy (non-hydrogen) atoms. The van der Waals surface area contributed by atoms with Gasteiger partial charge in [-0.05, 0) is 63.1 Å². The summed E-state index contributed by atoms with van der Waals surface area (Å²) in [6, 6.07) is 10.3. The summed E-state index contributed by atoms with van der Waals surface area (Å²) in [5, 5.41) is 5.91. The number of carbonyl (C=O) groups is 4. The van der Waals surface area contributed by atoms with Gasteiger partial charge in [-0.1, -0.05) is 0 Å². The number of hydrogen-bond donors (Lipinski definition) is 2. The van der Waals surface area contributed by atoms with Crippen LogP contribution in [-0.4, -0.2) is 89.6 Å². The van der Waals surface area contributed by atoms with Gasteiger partial charge in [-0.2, -0.15) is 0 Å². The highest BCUT2D eigenvalue weighted by Crippen LogP contribution is 2.30. The molecule has 2 aromatic rings. The van der Waals surface area contributed by atoms with Crippen molar-refractivity contribution < 1.29 is 38.1 Å². The Morgan fingerprint density at radius 2 is 1.05 bits per heavy atom. The quantitative estimate of drug-likeness (QED) is 0.254. The Hall–Kier alpha value is -4.16. The second kappa shape index (κ2) is 16.6. The number of carbonyl (C=O) groups excluding carboxylic acids is 4. The molecule has 0 aliphatic carbocycles. The standard InChI is InChI=1S/C32H42N4O8/c1-3-43-31(39)23-9-11-27(35-13-17-41-18-14-35)25(21-23)33-29(37)7-5-6-8-30(38)34-26-22-24(32(40)44-4-2)10-12-28(26)36-15-19-42-20-16-36/h9-12,21-22H,3-8,13-20H2,1-2H3,(H,33,37)(H,34,38). The summed E-state index contributed by atoms with van der Waals surface area (Å²) < 4.78 is 21.2. The van der Waals surface area contributed by atoms with E-state index in [9.17, 15) is 19.2 Å². The lowest BCUT2D eigenvalue weighted by Gasteiger charge is -2.30. The van der Waals surface area contributed by atoms with Gasteiger partial charge in [0.25, 0.3) is 0 Å². The van der Waals surface area contributed by atoms with E-state index in [-0.39, 0.29) is 37.9 Å². The minimum absolute atomic E-state index is 0.205. The Kier molecular flexibility index (Phi) is 12.4. The van der Waals surface area contributed by atoms with Crippen molar-refractivity contribution >= 4 is 46.5 Å². The second-order valence-electron chi connectivity index (χ2n) is 10.4. The van der Waals surface area contributed by atoms with Crippen molar-refractivity contribution in [2.24, 2.45) is 0 Å². The van der Waals surface area contributed by atoms with Crippen LogP contribution in [0, 0.1) is 0 Å². The molecule has 238 valence electrons. The number of morpholine rings is 2. The zero-order valence-electron chi connectivity index (χ0n) is 25.5. The third kappa shape index (κ3) is 9.17. The molecule has 2 saturated heterocycles. The molecule has 0 radical (unpaired) electrons. The summed E-state index contributed by atoms with van der Waals surface area (Å²) >= 11 is 0. The molecule has 12 heteroatoms. The van der Waals surface area contributed by atoms with E-state index in [1.165, 1.54) is 0 Å². The fraction of sp³-hybridized carbons (Fsp3) is 0.500. The SMILES string of the molecule is CCOC(=O)c1ccc(N2CCOCC2)c(NC(=O)CCCCC(=O)Nc2cc(C(=O)OCC)ccc2N2CCOCC2)c1. The molecule has 0 bridgehead atoms.